The summed E-state index contributed by atoms with van der Waals surface area (Å²) in [5.74, 6) is 0.845. The van der Waals surface area contributed by atoms with Crippen LogP contribution in [0.25, 0.3) is 10.8 Å². The van der Waals surface area contributed by atoms with Crippen LogP contribution in [0.3, 0.4) is 0 Å². The number of hydrogen-bond acceptors (Lipinski definition) is 1. The molecule has 0 radical (unpaired) electrons. The van der Waals surface area contributed by atoms with Crippen molar-refractivity contribution in [1.82, 2.24) is 10.6 Å². The minimum atomic E-state index is 0. The van der Waals surface area contributed by atoms with E-state index in [0.29, 0.717) is 0 Å². The standard InChI is InChI=1S/C18H23N3.HI/c1-3-13-20-18(19-4-2)21-14-12-16-10-7-9-15-8-5-6-11-17(15)16;/h3,5-11H,1,4,12-14H2,2H3,(H2,19,20,21);1H. The molecule has 0 fully saturated rings. The lowest BCUT2D eigenvalue weighted by molar-refractivity contribution is 0.852. The molecule has 22 heavy (non-hydrogen) atoms. The fourth-order valence-corrected chi connectivity index (χ4v) is 2.31. The molecule has 4 heteroatoms. The van der Waals surface area contributed by atoms with Crippen molar-refractivity contribution in [3.8, 4) is 0 Å². The first kappa shape index (κ1) is 18.5. The third-order valence-corrected chi connectivity index (χ3v) is 3.29. The summed E-state index contributed by atoms with van der Waals surface area (Å²) in [7, 11) is 0. The number of fused-ring (bicyclic) bond motifs is 1. The molecule has 2 rings (SSSR count). The molecule has 2 N–H and O–H groups in total. The smallest absolute Gasteiger partial charge is 0.191 e. The fraction of sp³-hybridized carbons (Fsp3) is 0.278. The summed E-state index contributed by atoms with van der Waals surface area (Å²) in [6.45, 7) is 8.12. The maximum absolute atomic E-state index is 4.60. The molecule has 2 aromatic rings. The van der Waals surface area contributed by atoms with Gasteiger partial charge in [-0.3, -0.25) is 4.99 Å². The van der Waals surface area contributed by atoms with Gasteiger partial charge in [-0.05, 0) is 29.7 Å². The van der Waals surface area contributed by atoms with E-state index >= 15 is 0 Å². The Kier molecular flexibility index (Phi) is 8.58. The summed E-state index contributed by atoms with van der Waals surface area (Å²) in [5.41, 5.74) is 1.34. The Morgan fingerprint density at radius 3 is 2.68 bits per heavy atom. The van der Waals surface area contributed by atoms with Crippen LogP contribution in [-0.4, -0.2) is 25.6 Å². The van der Waals surface area contributed by atoms with Crippen molar-refractivity contribution in [2.75, 3.05) is 19.6 Å². The van der Waals surface area contributed by atoms with E-state index in [2.05, 4.69) is 71.6 Å². The largest absolute Gasteiger partial charge is 0.357 e. The monoisotopic (exact) mass is 409 g/mol. The molecule has 0 bridgehead atoms. The van der Waals surface area contributed by atoms with Gasteiger partial charge in [0.05, 0.1) is 0 Å². The number of hydrogen-bond donors (Lipinski definition) is 2. The van der Waals surface area contributed by atoms with Crippen LogP contribution in [0.15, 0.2) is 60.1 Å². The maximum Gasteiger partial charge on any atom is 0.191 e. The van der Waals surface area contributed by atoms with Gasteiger partial charge in [-0.1, -0.05) is 48.5 Å². The Balaban J connectivity index is 0.00000242. The first-order chi connectivity index (χ1) is 10.3. The average molecular weight is 409 g/mol. The Labute approximate surface area is 149 Å². The van der Waals surface area contributed by atoms with Crippen LogP contribution in [0.1, 0.15) is 12.5 Å². The normalized spacial score (nSPS) is 10.9. The van der Waals surface area contributed by atoms with Gasteiger partial charge in [0.1, 0.15) is 0 Å². The molecular weight excluding hydrogens is 385 g/mol. The Morgan fingerprint density at radius 2 is 1.91 bits per heavy atom. The molecule has 0 atom stereocenters. The summed E-state index contributed by atoms with van der Waals surface area (Å²) < 4.78 is 0. The zero-order chi connectivity index (χ0) is 14.9. The van der Waals surface area contributed by atoms with E-state index in [1.165, 1.54) is 16.3 Å². The van der Waals surface area contributed by atoms with Gasteiger partial charge >= 0.3 is 0 Å². The van der Waals surface area contributed by atoms with Crippen molar-refractivity contribution < 1.29 is 0 Å². The predicted molar refractivity (Wildman–Crippen MR) is 107 cm³/mol. The Bertz CT molecular complexity index is 617. The van der Waals surface area contributed by atoms with E-state index in [0.717, 1.165) is 32.0 Å². The second-order valence-electron chi connectivity index (χ2n) is 4.82. The van der Waals surface area contributed by atoms with E-state index in [1.54, 1.807) is 0 Å². The van der Waals surface area contributed by atoms with E-state index < -0.39 is 0 Å². The van der Waals surface area contributed by atoms with Crippen molar-refractivity contribution in [3.05, 3.63) is 60.7 Å². The molecule has 3 nitrogen and oxygen atoms in total. The van der Waals surface area contributed by atoms with Gasteiger partial charge in [0, 0.05) is 19.6 Å². The molecule has 0 amide bonds. The van der Waals surface area contributed by atoms with E-state index in [9.17, 15) is 0 Å². The number of rotatable bonds is 6. The first-order valence-electron chi connectivity index (χ1n) is 7.45. The van der Waals surface area contributed by atoms with Crippen LogP contribution in [0, 0.1) is 0 Å². The lowest BCUT2D eigenvalue weighted by Gasteiger charge is -2.10. The third kappa shape index (κ3) is 5.33. The molecule has 0 aliphatic rings. The molecule has 0 aromatic heterocycles. The molecule has 0 saturated carbocycles. The number of benzene rings is 2. The number of halogens is 1. The second kappa shape index (κ2) is 10.2. The molecule has 0 aliphatic carbocycles. The van der Waals surface area contributed by atoms with Crippen LogP contribution in [0.2, 0.25) is 0 Å². The number of nitrogens with one attached hydrogen (secondary N) is 2. The molecule has 0 unspecified atom stereocenters. The van der Waals surface area contributed by atoms with E-state index in [4.69, 9.17) is 0 Å². The van der Waals surface area contributed by atoms with Gasteiger partial charge in [0.25, 0.3) is 0 Å². The molecule has 0 heterocycles. The number of nitrogens with zero attached hydrogens (tertiary/aromatic N) is 1. The highest BCUT2D eigenvalue weighted by Gasteiger charge is 2.00. The maximum atomic E-state index is 4.60. The summed E-state index contributed by atoms with van der Waals surface area (Å²) >= 11 is 0. The van der Waals surface area contributed by atoms with Crippen LogP contribution in [0.5, 0.6) is 0 Å². The van der Waals surface area contributed by atoms with Gasteiger partial charge in [0.2, 0.25) is 0 Å². The Hall–Kier alpha value is -1.56. The SMILES string of the molecule is C=CCNC(=NCCc1cccc2ccccc12)NCC.I. The highest BCUT2D eigenvalue weighted by Crippen LogP contribution is 2.18. The molecule has 0 saturated heterocycles. The van der Waals surface area contributed by atoms with Gasteiger partial charge < -0.3 is 10.6 Å². The molecule has 2 aromatic carbocycles. The van der Waals surface area contributed by atoms with Crippen molar-refractivity contribution >= 4 is 40.7 Å². The quantitative estimate of drug-likeness (QED) is 0.330. The number of guanidine groups is 1. The minimum Gasteiger partial charge on any atom is -0.357 e. The second-order valence-corrected chi connectivity index (χ2v) is 4.82. The van der Waals surface area contributed by atoms with Crippen molar-refractivity contribution in [2.24, 2.45) is 4.99 Å². The highest BCUT2D eigenvalue weighted by molar-refractivity contribution is 14.0. The van der Waals surface area contributed by atoms with Crippen LogP contribution >= 0.6 is 24.0 Å². The van der Waals surface area contributed by atoms with Crippen LogP contribution in [-0.2, 0) is 6.42 Å². The molecule has 0 spiro atoms. The predicted octanol–water partition coefficient (Wildman–Crippen LogP) is 3.74. The molecular formula is C18H24IN3. The minimum absolute atomic E-state index is 0. The highest BCUT2D eigenvalue weighted by atomic mass is 127. The van der Waals surface area contributed by atoms with Gasteiger partial charge in [-0.15, -0.1) is 30.6 Å². The van der Waals surface area contributed by atoms with E-state index in [1.807, 2.05) is 6.08 Å². The van der Waals surface area contributed by atoms with Crippen LogP contribution in [0.4, 0.5) is 0 Å². The lowest BCUT2D eigenvalue weighted by atomic mass is 10.0. The molecule has 118 valence electrons. The van der Waals surface area contributed by atoms with Gasteiger partial charge in [-0.2, -0.15) is 0 Å². The van der Waals surface area contributed by atoms with Crippen molar-refractivity contribution in [3.63, 3.8) is 0 Å². The third-order valence-electron chi connectivity index (χ3n) is 3.29. The molecule has 0 aliphatic heterocycles. The zero-order valence-electron chi connectivity index (χ0n) is 13.0. The Morgan fingerprint density at radius 1 is 1.14 bits per heavy atom. The summed E-state index contributed by atoms with van der Waals surface area (Å²) in [6.07, 6.45) is 2.77. The topological polar surface area (TPSA) is 36.4 Å². The summed E-state index contributed by atoms with van der Waals surface area (Å²) in [4.78, 5) is 4.60. The lowest BCUT2D eigenvalue weighted by Crippen LogP contribution is -2.37. The van der Waals surface area contributed by atoms with Crippen LogP contribution < -0.4 is 10.6 Å². The first-order valence-corrected chi connectivity index (χ1v) is 7.45. The fourth-order valence-electron chi connectivity index (χ4n) is 2.31. The summed E-state index contributed by atoms with van der Waals surface area (Å²) in [5, 5.41) is 9.05. The van der Waals surface area contributed by atoms with Gasteiger partial charge in [0.15, 0.2) is 5.96 Å². The number of aliphatic imine (C=N–C) groups is 1. The average Bonchev–Trinajstić information content (AvgIpc) is 2.53. The van der Waals surface area contributed by atoms with Crippen molar-refractivity contribution in [1.29, 1.82) is 0 Å². The van der Waals surface area contributed by atoms with Gasteiger partial charge in [-0.25, -0.2) is 0 Å². The zero-order valence-corrected chi connectivity index (χ0v) is 15.3. The van der Waals surface area contributed by atoms with Crippen molar-refractivity contribution in [2.45, 2.75) is 13.3 Å². The van der Waals surface area contributed by atoms with E-state index in [-0.39, 0.29) is 24.0 Å². The summed E-state index contributed by atoms with van der Waals surface area (Å²) in [6, 6.07) is 14.9.